The number of carbonyl (C=O) groups is 1. The second-order valence-electron chi connectivity index (χ2n) is 7.78. The van der Waals surface area contributed by atoms with Crippen LogP contribution < -0.4 is 4.74 Å². The molecule has 0 saturated heterocycles. The van der Waals surface area contributed by atoms with Gasteiger partial charge < -0.3 is 9.47 Å². The third-order valence-electron chi connectivity index (χ3n) is 5.31. The van der Waals surface area contributed by atoms with Crippen LogP contribution in [0.4, 0.5) is 5.69 Å². The van der Waals surface area contributed by atoms with Gasteiger partial charge in [0.25, 0.3) is 0 Å². The van der Waals surface area contributed by atoms with Crippen molar-refractivity contribution in [3.05, 3.63) is 84.2 Å². The van der Waals surface area contributed by atoms with E-state index in [9.17, 15) is 4.79 Å². The quantitative estimate of drug-likeness (QED) is 0.265. The molecule has 4 rings (SSSR count). The molecule has 4 nitrogen and oxygen atoms in total. The van der Waals surface area contributed by atoms with E-state index in [-0.39, 0.29) is 0 Å². The Bertz CT molecular complexity index is 1330. The molecule has 0 heterocycles. The van der Waals surface area contributed by atoms with Gasteiger partial charge in [-0.25, -0.2) is 9.64 Å². The molecule has 0 N–H and O–H groups in total. The maximum Gasteiger partial charge on any atom is 0.349 e. The summed E-state index contributed by atoms with van der Waals surface area (Å²) < 4.78 is 11.5. The van der Waals surface area contributed by atoms with E-state index in [0.717, 1.165) is 32.7 Å². The minimum Gasteiger partial charge on any atom is -0.475 e. The first kappa shape index (κ1) is 20.4. The first-order valence-corrected chi connectivity index (χ1v) is 10.2. The van der Waals surface area contributed by atoms with Crippen molar-refractivity contribution in [1.82, 2.24) is 0 Å². The van der Waals surface area contributed by atoms with Crippen molar-refractivity contribution in [2.75, 3.05) is 6.61 Å². The molecule has 4 aromatic rings. The van der Waals surface area contributed by atoms with Gasteiger partial charge in [0.1, 0.15) is 5.75 Å². The third-order valence-corrected chi connectivity index (χ3v) is 5.31. The molecule has 0 amide bonds. The van der Waals surface area contributed by atoms with Crippen LogP contribution in [-0.4, -0.2) is 18.2 Å². The van der Waals surface area contributed by atoms with Crippen LogP contribution in [0.1, 0.15) is 20.8 Å². The normalized spacial score (nSPS) is 11.3. The molecule has 0 aliphatic carbocycles. The minimum atomic E-state index is -1.15. The molecule has 0 aliphatic rings. The molecule has 0 aromatic heterocycles. The van der Waals surface area contributed by atoms with E-state index in [0.29, 0.717) is 18.0 Å². The number of benzene rings is 4. The van der Waals surface area contributed by atoms with Crippen LogP contribution in [0.3, 0.4) is 0 Å². The van der Waals surface area contributed by atoms with Gasteiger partial charge in [-0.05, 0) is 53.9 Å². The van der Waals surface area contributed by atoms with Gasteiger partial charge >= 0.3 is 5.97 Å². The van der Waals surface area contributed by atoms with Gasteiger partial charge in [-0.2, -0.15) is 0 Å². The Morgan fingerprint density at radius 3 is 2.29 bits per heavy atom. The average Bonchev–Trinajstić information content (AvgIpc) is 2.78. The zero-order valence-electron chi connectivity index (χ0n) is 17.8. The van der Waals surface area contributed by atoms with Crippen LogP contribution in [0.2, 0.25) is 0 Å². The molecule has 0 saturated carbocycles. The summed E-state index contributed by atoms with van der Waals surface area (Å²) in [5, 5.41) is 3.93. The summed E-state index contributed by atoms with van der Waals surface area (Å²) >= 11 is 0. The van der Waals surface area contributed by atoms with Gasteiger partial charge in [0.2, 0.25) is 0 Å². The van der Waals surface area contributed by atoms with E-state index in [2.05, 4.69) is 10.9 Å². The summed E-state index contributed by atoms with van der Waals surface area (Å²) in [6.45, 7) is 13.0. The number of fused-ring (bicyclic) bond motifs is 2. The Morgan fingerprint density at radius 1 is 0.903 bits per heavy atom. The molecular weight excluding hydrogens is 386 g/mol. The summed E-state index contributed by atoms with van der Waals surface area (Å²) in [7, 11) is 0. The summed E-state index contributed by atoms with van der Waals surface area (Å²) in [5.74, 6) is 0.180. The van der Waals surface area contributed by atoms with E-state index >= 15 is 0 Å². The first-order chi connectivity index (χ1) is 15.0. The summed E-state index contributed by atoms with van der Waals surface area (Å²) in [6, 6.07) is 23.6. The number of carbonyl (C=O) groups excluding carboxylic acids is 1. The molecule has 0 atom stereocenters. The molecule has 31 heavy (non-hydrogen) atoms. The standard InChI is InChI=1S/C27H23NO3/c1-5-30-26(29)27(2,3)31-24-17-14-18-10-6-7-11-19(18)25(24)22-15-16-23(28-4)21-13-9-8-12-20(21)22/h6-17H,5H2,1-3H3. The lowest BCUT2D eigenvalue weighted by atomic mass is 9.92. The van der Waals surface area contributed by atoms with Crippen molar-refractivity contribution in [2.45, 2.75) is 26.4 Å². The number of hydrogen-bond acceptors (Lipinski definition) is 3. The fourth-order valence-corrected chi connectivity index (χ4v) is 3.83. The highest BCUT2D eigenvalue weighted by atomic mass is 16.6. The van der Waals surface area contributed by atoms with Crippen molar-refractivity contribution in [3.63, 3.8) is 0 Å². The molecule has 0 spiro atoms. The second-order valence-corrected chi connectivity index (χ2v) is 7.78. The van der Waals surface area contributed by atoms with Crippen LogP contribution in [0.25, 0.3) is 37.5 Å². The lowest BCUT2D eigenvalue weighted by Crippen LogP contribution is -2.39. The van der Waals surface area contributed by atoms with Crippen LogP contribution >= 0.6 is 0 Å². The fraction of sp³-hybridized carbons (Fsp3) is 0.185. The topological polar surface area (TPSA) is 39.9 Å². The Kier molecular flexibility index (Phi) is 5.35. The highest BCUT2D eigenvalue weighted by Gasteiger charge is 2.33. The van der Waals surface area contributed by atoms with Gasteiger partial charge in [-0.15, -0.1) is 0 Å². The van der Waals surface area contributed by atoms with Crippen molar-refractivity contribution >= 4 is 33.2 Å². The maximum absolute atomic E-state index is 12.5. The SMILES string of the molecule is [C-]#[N+]c1ccc(-c2c(OC(C)(C)C(=O)OCC)ccc3ccccc23)c2ccccc12. The van der Waals surface area contributed by atoms with Crippen LogP contribution in [-0.2, 0) is 9.53 Å². The van der Waals surface area contributed by atoms with E-state index in [1.807, 2.05) is 66.7 Å². The number of esters is 1. The fourth-order valence-electron chi connectivity index (χ4n) is 3.83. The summed E-state index contributed by atoms with van der Waals surface area (Å²) in [6.07, 6.45) is 0. The average molecular weight is 409 g/mol. The van der Waals surface area contributed by atoms with Gasteiger partial charge in [0.05, 0.1) is 13.2 Å². The van der Waals surface area contributed by atoms with E-state index < -0.39 is 11.6 Å². The highest BCUT2D eigenvalue weighted by molar-refractivity contribution is 6.10. The number of hydrogen-bond donors (Lipinski definition) is 0. The Labute approximate surface area is 181 Å². The smallest absolute Gasteiger partial charge is 0.349 e. The molecule has 0 aliphatic heterocycles. The first-order valence-electron chi connectivity index (χ1n) is 10.2. The monoisotopic (exact) mass is 409 g/mol. The van der Waals surface area contributed by atoms with Crippen LogP contribution in [0.5, 0.6) is 5.75 Å². The zero-order valence-corrected chi connectivity index (χ0v) is 17.8. The molecule has 154 valence electrons. The Balaban J connectivity index is 2.00. The van der Waals surface area contributed by atoms with E-state index in [1.54, 1.807) is 20.8 Å². The second kappa shape index (κ2) is 8.12. The van der Waals surface area contributed by atoms with Crippen LogP contribution in [0.15, 0.2) is 72.8 Å². The van der Waals surface area contributed by atoms with Gasteiger partial charge in [0.15, 0.2) is 11.3 Å². The predicted octanol–water partition coefficient (Wildman–Crippen LogP) is 6.93. The van der Waals surface area contributed by atoms with Crippen molar-refractivity contribution < 1.29 is 14.3 Å². The van der Waals surface area contributed by atoms with Crippen molar-refractivity contribution in [1.29, 1.82) is 0 Å². The molecule has 0 bridgehead atoms. The number of nitrogens with zero attached hydrogens (tertiary/aromatic N) is 1. The third kappa shape index (κ3) is 3.71. The predicted molar refractivity (Wildman–Crippen MR) is 124 cm³/mol. The van der Waals surface area contributed by atoms with Crippen molar-refractivity contribution in [3.8, 4) is 16.9 Å². The molecule has 0 radical (unpaired) electrons. The number of ether oxygens (including phenoxy) is 2. The summed E-state index contributed by atoms with van der Waals surface area (Å²) in [5.41, 5.74) is 1.30. The highest BCUT2D eigenvalue weighted by Crippen LogP contribution is 2.43. The number of rotatable bonds is 5. The molecule has 0 fully saturated rings. The van der Waals surface area contributed by atoms with Crippen molar-refractivity contribution in [2.24, 2.45) is 0 Å². The van der Waals surface area contributed by atoms with Gasteiger partial charge in [0, 0.05) is 5.56 Å². The van der Waals surface area contributed by atoms with E-state index in [4.69, 9.17) is 16.0 Å². The van der Waals surface area contributed by atoms with E-state index in [1.165, 1.54) is 0 Å². The van der Waals surface area contributed by atoms with Gasteiger partial charge in [-0.3, -0.25) is 0 Å². The molecular formula is C27H23NO3. The molecule has 0 unspecified atom stereocenters. The molecule has 4 aromatic carbocycles. The zero-order chi connectivity index (χ0) is 22.0. The summed E-state index contributed by atoms with van der Waals surface area (Å²) in [4.78, 5) is 16.2. The van der Waals surface area contributed by atoms with Crippen LogP contribution in [0, 0.1) is 6.57 Å². The van der Waals surface area contributed by atoms with Gasteiger partial charge in [-0.1, -0.05) is 66.7 Å². The minimum absolute atomic E-state index is 0.291. The molecule has 4 heteroatoms. The lowest BCUT2D eigenvalue weighted by Gasteiger charge is -2.26. The Hall–Kier alpha value is -3.84. The largest absolute Gasteiger partial charge is 0.475 e. The Morgan fingerprint density at radius 2 is 1.58 bits per heavy atom. The maximum atomic E-state index is 12.5. The lowest BCUT2D eigenvalue weighted by molar-refractivity contribution is -0.158.